The number of amides is 2. The van der Waals surface area contributed by atoms with E-state index in [0.717, 1.165) is 36.7 Å². The van der Waals surface area contributed by atoms with Crippen molar-refractivity contribution in [1.29, 1.82) is 0 Å². The summed E-state index contributed by atoms with van der Waals surface area (Å²) in [4.78, 5) is 16.2. The van der Waals surface area contributed by atoms with E-state index in [1.165, 1.54) is 0 Å². The molecule has 0 aromatic heterocycles. The van der Waals surface area contributed by atoms with Gasteiger partial charge in [-0.2, -0.15) is 0 Å². The zero-order valence-electron chi connectivity index (χ0n) is 15.0. The van der Waals surface area contributed by atoms with Crippen LogP contribution in [0.1, 0.15) is 39.7 Å². The Morgan fingerprint density at radius 3 is 2.33 bits per heavy atom. The molecule has 0 fully saturated rings. The number of nitrogens with one attached hydrogen (secondary N) is 4. The second-order valence-corrected chi connectivity index (χ2v) is 5.57. The molecule has 0 radical (unpaired) electrons. The van der Waals surface area contributed by atoms with E-state index in [0.29, 0.717) is 6.54 Å². The minimum absolute atomic E-state index is 0. The summed E-state index contributed by atoms with van der Waals surface area (Å²) in [6.45, 7) is 10.4. The first kappa shape index (κ1) is 22.5. The summed E-state index contributed by atoms with van der Waals surface area (Å²) in [7, 11) is 0. The van der Waals surface area contributed by atoms with Crippen molar-refractivity contribution in [3.63, 3.8) is 0 Å². The Morgan fingerprint density at radius 1 is 1.12 bits per heavy atom. The van der Waals surface area contributed by atoms with Gasteiger partial charge in [-0.15, -0.1) is 24.0 Å². The van der Waals surface area contributed by atoms with Crippen molar-refractivity contribution in [3.8, 4) is 0 Å². The molecular weight excluding hydrogens is 417 g/mol. The highest BCUT2D eigenvalue weighted by molar-refractivity contribution is 14.0. The molecule has 0 unspecified atom stereocenters. The SMILES string of the molecule is CCCNC(=NCc1ccc(NC(=O)NC(C)C)cc1)NCC.I. The number of aliphatic imine (C=N–C) groups is 1. The summed E-state index contributed by atoms with van der Waals surface area (Å²) in [5.74, 6) is 0.827. The van der Waals surface area contributed by atoms with Gasteiger partial charge >= 0.3 is 6.03 Å². The molecule has 0 aliphatic rings. The number of halogens is 1. The minimum Gasteiger partial charge on any atom is -0.357 e. The zero-order chi connectivity index (χ0) is 17.1. The molecule has 0 bridgehead atoms. The first-order valence-electron chi connectivity index (χ1n) is 8.23. The van der Waals surface area contributed by atoms with Crippen LogP contribution in [0.15, 0.2) is 29.3 Å². The lowest BCUT2D eigenvalue weighted by Crippen LogP contribution is -2.37. The molecule has 0 saturated carbocycles. The number of nitrogens with zero attached hydrogens (tertiary/aromatic N) is 1. The third-order valence-corrected chi connectivity index (χ3v) is 2.94. The fourth-order valence-corrected chi connectivity index (χ4v) is 1.88. The molecule has 7 heteroatoms. The van der Waals surface area contributed by atoms with Crippen LogP contribution in [0, 0.1) is 0 Å². The van der Waals surface area contributed by atoms with Crippen molar-refractivity contribution in [2.45, 2.75) is 46.7 Å². The van der Waals surface area contributed by atoms with Crippen molar-refractivity contribution in [2.75, 3.05) is 18.4 Å². The minimum atomic E-state index is -0.191. The van der Waals surface area contributed by atoms with Crippen LogP contribution in [0.25, 0.3) is 0 Å². The monoisotopic (exact) mass is 447 g/mol. The number of carbonyl (C=O) groups excluding carboxylic acids is 1. The highest BCUT2D eigenvalue weighted by Crippen LogP contribution is 2.10. The molecule has 136 valence electrons. The maximum atomic E-state index is 11.6. The summed E-state index contributed by atoms with van der Waals surface area (Å²) in [5, 5.41) is 12.1. The molecule has 1 aromatic rings. The van der Waals surface area contributed by atoms with Crippen molar-refractivity contribution in [1.82, 2.24) is 16.0 Å². The maximum Gasteiger partial charge on any atom is 0.319 e. The Bertz CT molecular complexity index is 502. The third kappa shape index (κ3) is 9.59. The Labute approximate surface area is 162 Å². The first-order valence-corrected chi connectivity index (χ1v) is 8.23. The Hall–Kier alpha value is -1.51. The molecule has 0 atom stereocenters. The fourth-order valence-electron chi connectivity index (χ4n) is 1.88. The molecule has 0 saturated heterocycles. The van der Waals surface area contributed by atoms with Gasteiger partial charge in [0.1, 0.15) is 0 Å². The summed E-state index contributed by atoms with van der Waals surface area (Å²) in [6.07, 6.45) is 1.06. The predicted octanol–water partition coefficient (Wildman–Crippen LogP) is 3.30. The second kappa shape index (κ2) is 12.9. The fraction of sp³-hybridized carbons (Fsp3) is 0.529. The summed E-state index contributed by atoms with van der Waals surface area (Å²) in [5.41, 5.74) is 1.86. The van der Waals surface area contributed by atoms with Crippen molar-refractivity contribution in [3.05, 3.63) is 29.8 Å². The van der Waals surface area contributed by atoms with Crippen molar-refractivity contribution < 1.29 is 4.79 Å². The van der Waals surface area contributed by atoms with Gasteiger partial charge in [0.25, 0.3) is 0 Å². The van der Waals surface area contributed by atoms with Gasteiger partial charge in [-0.3, -0.25) is 0 Å². The van der Waals surface area contributed by atoms with E-state index in [4.69, 9.17) is 0 Å². The van der Waals surface area contributed by atoms with E-state index in [1.807, 2.05) is 45.0 Å². The lowest BCUT2D eigenvalue weighted by Gasteiger charge is -2.11. The van der Waals surface area contributed by atoms with Crippen LogP contribution in [0.4, 0.5) is 10.5 Å². The molecule has 0 spiro atoms. The van der Waals surface area contributed by atoms with Gasteiger partial charge in [0.2, 0.25) is 0 Å². The molecule has 1 aromatic carbocycles. The Kier molecular flexibility index (Phi) is 12.0. The van der Waals surface area contributed by atoms with Gasteiger partial charge in [-0.25, -0.2) is 9.79 Å². The van der Waals surface area contributed by atoms with Crippen LogP contribution < -0.4 is 21.3 Å². The standard InChI is InChI=1S/C17H29N5O.HI/c1-5-11-19-16(18-6-2)20-12-14-7-9-15(10-8-14)22-17(23)21-13(3)4;/h7-10,13H,5-6,11-12H2,1-4H3,(H2,18,19,20)(H2,21,22,23);1H. The Morgan fingerprint density at radius 2 is 1.79 bits per heavy atom. The van der Waals surface area contributed by atoms with Gasteiger partial charge in [0.05, 0.1) is 6.54 Å². The number of rotatable bonds is 7. The highest BCUT2D eigenvalue weighted by atomic mass is 127. The van der Waals surface area contributed by atoms with Gasteiger partial charge < -0.3 is 21.3 Å². The number of hydrogen-bond donors (Lipinski definition) is 4. The summed E-state index contributed by atoms with van der Waals surface area (Å²) >= 11 is 0. The topological polar surface area (TPSA) is 77.5 Å². The van der Waals surface area contributed by atoms with E-state index in [1.54, 1.807) is 0 Å². The second-order valence-electron chi connectivity index (χ2n) is 5.57. The van der Waals surface area contributed by atoms with Gasteiger partial charge in [-0.1, -0.05) is 19.1 Å². The molecular formula is C17H30IN5O. The number of urea groups is 1. The molecule has 0 aliphatic carbocycles. The van der Waals surface area contributed by atoms with Crippen LogP contribution in [-0.2, 0) is 6.54 Å². The quantitative estimate of drug-likeness (QED) is 0.294. The molecule has 0 aliphatic heterocycles. The van der Waals surface area contributed by atoms with Gasteiger partial charge in [-0.05, 0) is 44.9 Å². The van der Waals surface area contributed by atoms with Gasteiger partial charge in [0.15, 0.2) is 5.96 Å². The average molecular weight is 447 g/mol. The van der Waals surface area contributed by atoms with Crippen LogP contribution in [-0.4, -0.2) is 31.1 Å². The van der Waals surface area contributed by atoms with Crippen molar-refractivity contribution in [2.24, 2.45) is 4.99 Å². The number of carbonyl (C=O) groups is 1. The van der Waals surface area contributed by atoms with Crippen molar-refractivity contribution >= 4 is 41.7 Å². The van der Waals surface area contributed by atoms with E-state index in [9.17, 15) is 4.79 Å². The molecule has 4 N–H and O–H groups in total. The summed E-state index contributed by atoms with van der Waals surface area (Å²) < 4.78 is 0. The first-order chi connectivity index (χ1) is 11.0. The lowest BCUT2D eigenvalue weighted by molar-refractivity contribution is 0.250. The Balaban J connectivity index is 0.00000529. The largest absolute Gasteiger partial charge is 0.357 e. The molecule has 6 nitrogen and oxygen atoms in total. The zero-order valence-corrected chi connectivity index (χ0v) is 17.3. The van der Waals surface area contributed by atoms with Crippen LogP contribution in [0.2, 0.25) is 0 Å². The van der Waals surface area contributed by atoms with E-state index in [2.05, 4.69) is 33.2 Å². The summed E-state index contributed by atoms with van der Waals surface area (Å²) in [6, 6.07) is 7.64. The normalized spacial score (nSPS) is 10.8. The number of benzene rings is 1. The van der Waals surface area contributed by atoms with E-state index in [-0.39, 0.29) is 36.0 Å². The molecule has 24 heavy (non-hydrogen) atoms. The third-order valence-electron chi connectivity index (χ3n) is 2.94. The number of hydrogen-bond acceptors (Lipinski definition) is 2. The molecule has 1 rings (SSSR count). The average Bonchev–Trinajstić information content (AvgIpc) is 2.50. The number of guanidine groups is 1. The predicted molar refractivity (Wildman–Crippen MR) is 112 cm³/mol. The smallest absolute Gasteiger partial charge is 0.319 e. The maximum absolute atomic E-state index is 11.6. The lowest BCUT2D eigenvalue weighted by atomic mass is 10.2. The van der Waals surface area contributed by atoms with E-state index >= 15 is 0 Å². The van der Waals surface area contributed by atoms with Gasteiger partial charge in [0, 0.05) is 24.8 Å². The van der Waals surface area contributed by atoms with Crippen LogP contribution >= 0.6 is 24.0 Å². The number of anilines is 1. The molecule has 0 heterocycles. The van der Waals surface area contributed by atoms with Crippen LogP contribution in [0.3, 0.4) is 0 Å². The molecule has 2 amide bonds. The van der Waals surface area contributed by atoms with Crippen LogP contribution in [0.5, 0.6) is 0 Å². The highest BCUT2D eigenvalue weighted by Gasteiger charge is 2.03. The van der Waals surface area contributed by atoms with E-state index < -0.39 is 0 Å².